The molecule has 0 bridgehead atoms. The van der Waals surface area contributed by atoms with Crippen LogP contribution in [0.25, 0.3) is 0 Å². The van der Waals surface area contributed by atoms with E-state index in [1.807, 2.05) is 17.9 Å². The molecule has 2 rings (SSSR count). The maximum absolute atomic E-state index is 9.37. The van der Waals surface area contributed by atoms with Gasteiger partial charge in [0.15, 0.2) is 5.84 Å². The quantitative estimate of drug-likeness (QED) is 0.313. The Balaban J connectivity index is 2.44. The molecule has 1 aromatic heterocycles. The Kier molecular flexibility index (Phi) is 3.66. The topological polar surface area (TPSA) is 95.0 Å². The summed E-state index contributed by atoms with van der Waals surface area (Å²) < 4.78 is 0. The van der Waals surface area contributed by atoms with E-state index >= 15 is 0 Å². The van der Waals surface area contributed by atoms with Crippen LogP contribution in [0.4, 0.5) is 5.82 Å². The lowest BCUT2D eigenvalue weighted by atomic mass is 10.2. The van der Waals surface area contributed by atoms with Crippen LogP contribution in [-0.2, 0) is 0 Å². The molecule has 0 saturated carbocycles. The van der Waals surface area contributed by atoms with Crippen molar-refractivity contribution in [1.29, 1.82) is 0 Å². The minimum atomic E-state index is 0.0427. The lowest BCUT2D eigenvalue weighted by Gasteiger charge is -2.26. The number of anilines is 1. The lowest BCUT2D eigenvalue weighted by molar-refractivity contribution is 0.266. The molecule has 1 aromatic rings. The van der Waals surface area contributed by atoms with Crippen molar-refractivity contribution in [1.82, 2.24) is 4.98 Å². The molecule has 1 saturated heterocycles. The summed E-state index contributed by atoms with van der Waals surface area (Å²) in [6.45, 7) is 2.81. The van der Waals surface area contributed by atoms with Gasteiger partial charge in [-0.1, -0.05) is 5.16 Å². The van der Waals surface area contributed by atoms with Gasteiger partial charge in [-0.15, -0.1) is 0 Å². The molecular formula is C12H18N4O2. The van der Waals surface area contributed by atoms with Gasteiger partial charge in [0.2, 0.25) is 0 Å². The van der Waals surface area contributed by atoms with Crippen molar-refractivity contribution in [2.45, 2.75) is 25.8 Å². The summed E-state index contributed by atoms with van der Waals surface area (Å²) in [5, 5.41) is 21.2. The number of amidine groups is 1. The standard InChI is InChI=1S/C12H18N4O2/c1-8-4-5-10(11(13)15-18)12(14-8)16-6-2-3-9(16)7-17/h4-5,9,17-18H,2-3,6-7H2,1H3,(H2,13,15). The number of aliphatic hydroxyl groups is 1. The number of rotatable bonds is 3. The molecule has 1 fully saturated rings. The first kappa shape index (κ1) is 12.6. The third-order valence-corrected chi connectivity index (χ3v) is 3.26. The molecule has 6 nitrogen and oxygen atoms in total. The van der Waals surface area contributed by atoms with Crippen LogP contribution in [0.2, 0.25) is 0 Å². The number of nitrogens with zero attached hydrogens (tertiary/aromatic N) is 3. The largest absolute Gasteiger partial charge is 0.409 e. The number of oxime groups is 1. The first-order valence-electron chi connectivity index (χ1n) is 6.00. The molecule has 1 unspecified atom stereocenters. The molecule has 0 spiro atoms. The third-order valence-electron chi connectivity index (χ3n) is 3.26. The first-order chi connectivity index (χ1) is 8.67. The van der Waals surface area contributed by atoms with Crippen LogP contribution in [0.3, 0.4) is 0 Å². The fourth-order valence-corrected chi connectivity index (χ4v) is 2.32. The van der Waals surface area contributed by atoms with Crippen LogP contribution < -0.4 is 10.6 Å². The summed E-state index contributed by atoms with van der Waals surface area (Å²) in [6.07, 6.45) is 1.94. The fourth-order valence-electron chi connectivity index (χ4n) is 2.32. The molecule has 2 heterocycles. The smallest absolute Gasteiger partial charge is 0.173 e. The molecule has 1 aliphatic heterocycles. The van der Waals surface area contributed by atoms with E-state index < -0.39 is 0 Å². The Morgan fingerprint density at radius 1 is 1.61 bits per heavy atom. The van der Waals surface area contributed by atoms with Gasteiger partial charge in [-0.25, -0.2) is 4.98 Å². The monoisotopic (exact) mass is 250 g/mol. The molecule has 0 radical (unpaired) electrons. The van der Waals surface area contributed by atoms with Gasteiger partial charge in [0, 0.05) is 12.2 Å². The zero-order valence-corrected chi connectivity index (χ0v) is 10.4. The molecule has 0 aromatic carbocycles. The van der Waals surface area contributed by atoms with E-state index in [-0.39, 0.29) is 18.5 Å². The molecule has 1 aliphatic rings. The Bertz CT molecular complexity index is 461. The lowest BCUT2D eigenvalue weighted by Crippen LogP contribution is -2.34. The van der Waals surface area contributed by atoms with Crippen molar-refractivity contribution >= 4 is 11.7 Å². The molecule has 1 atom stereocenters. The van der Waals surface area contributed by atoms with Crippen molar-refractivity contribution in [3.8, 4) is 0 Å². The molecular weight excluding hydrogens is 232 g/mol. The minimum Gasteiger partial charge on any atom is -0.409 e. The second-order valence-electron chi connectivity index (χ2n) is 4.48. The van der Waals surface area contributed by atoms with Gasteiger partial charge in [-0.05, 0) is 31.9 Å². The number of aromatic nitrogens is 1. The number of aryl methyl sites for hydroxylation is 1. The number of pyridine rings is 1. The van der Waals surface area contributed by atoms with Crippen LogP contribution in [0.5, 0.6) is 0 Å². The molecule has 18 heavy (non-hydrogen) atoms. The summed E-state index contributed by atoms with van der Waals surface area (Å²) >= 11 is 0. The highest BCUT2D eigenvalue weighted by Crippen LogP contribution is 2.27. The number of hydrogen-bond donors (Lipinski definition) is 3. The molecule has 4 N–H and O–H groups in total. The van der Waals surface area contributed by atoms with E-state index in [1.54, 1.807) is 6.07 Å². The molecule has 0 aliphatic carbocycles. The highest BCUT2D eigenvalue weighted by atomic mass is 16.4. The highest BCUT2D eigenvalue weighted by molar-refractivity contribution is 6.01. The Labute approximate surface area is 106 Å². The first-order valence-corrected chi connectivity index (χ1v) is 6.00. The van der Waals surface area contributed by atoms with Gasteiger partial charge in [-0.3, -0.25) is 0 Å². The summed E-state index contributed by atoms with van der Waals surface area (Å²) in [4.78, 5) is 6.49. The van der Waals surface area contributed by atoms with Crippen LogP contribution >= 0.6 is 0 Å². The molecule has 98 valence electrons. The number of hydrogen-bond acceptors (Lipinski definition) is 5. The van der Waals surface area contributed by atoms with Gasteiger partial charge >= 0.3 is 0 Å². The van der Waals surface area contributed by atoms with Gasteiger partial charge < -0.3 is 20.9 Å². The molecule has 6 heteroatoms. The van der Waals surface area contributed by atoms with E-state index in [9.17, 15) is 5.11 Å². The Morgan fingerprint density at radius 2 is 2.39 bits per heavy atom. The Hall–Kier alpha value is -1.82. The van der Waals surface area contributed by atoms with Gasteiger partial charge in [0.1, 0.15) is 5.82 Å². The average molecular weight is 250 g/mol. The van der Waals surface area contributed by atoms with E-state index in [2.05, 4.69) is 10.1 Å². The number of nitrogens with two attached hydrogens (primary N) is 1. The van der Waals surface area contributed by atoms with Crippen LogP contribution in [0.15, 0.2) is 17.3 Å². The van der Waals surface area contributed by atoms with Crippen LogP contribution in [0, 0.1) is 6.92 Å². The predicted molar refractivity (Wildman–Crippen MR) is 68.9 cm³/mol. The summed E-state index contributed by atoms with van der Waals surface area (Å²) in [7, 11) is 0. The second kappa shape index (κ2) is 5.22. The van der Waals surface area contributed by atoms with Crippen molar-refractivity contribution in [3.63, 3.8) is 0 Å². The molecule has 0 amide bonds. The normalized spacial score (nSPS) is 20.4. The SMILES string of the molecule is Cc1ccc(C(N)=NO)c(N2CCCC2CO)n1. The van der Waals surface area contributed by atoms with Gasteiger partial charge in [0.25, 0.3) is 0 Å². The zero-order valence-electron chi connectivity index (χ0n) is 10.4. The predicted octanol–water partition coefficient (Wildman–Crippen LogP) is 0.446. The van der Waals surface area contributed by atoms with Gasteiger partial charge in [0.05, 0.1) is 18.2 Å². The van der Waals surface area contributed by atoms with Crippen molar-refractivity contribution in [3.05, 3.63) is 23.4 Å². The summed E-state index contributed by atoms with van der Waals surface area (Å²) in [6, 6.07) is 3.67. The maximum atomic E-state index is 9.37. The summed E-state index contributed by atoms with van der Waals surface area (Å²) in [5.41, 5.74) is 7.13. The Morgan fingerprint density at radius 3 is 3.06 bits per heavy atom. The fraction of sp³-hybridized carbons (Fsp3) is 0.500. The highest BCUT2D eigenvalue weighted by Gasteiger charge is 2.27. The zero-order chi connectivity index (χ0) is 13.1. The van der Waals surface area contributed by atoms with E-state index in [1.165, 1.54) is 0 Å². The van der Waals surface area contributed by atoms with Crippen molar-refractivity contribution in [2.24, 2.45) is 10.9 Å². The van der Waals surface area contributed by atoms with Gasteiger partial charge in [-0.2, -0.15) is 0 Å². The average Bonchev–Trinajstić information content (AvgIpc) is 2.85. The van der Waals surface area contributed by atoms with E-state index in [0.717, 1.165) is 25.1 Å². The third kappa shape index (κ3) is 2.24. The number of aliphatic hydroxyl groups excluding tert-OH is 1. The van der Waals surface area contributed by atoms with Crippen molar-refractivity contribution in [2.75, 3.05) is 18.1 Å². The van der Waals surface area contributed by atoms with Crippen LogP contribution in [0.1, 0.15) is 24.1 Å². The van der Waals surface area contributed by atoms with E-state index in [0.29, 0.717) is 11.4 Å². The maximum Gasteiger partial charge on any atom is 0.173 e. The van der Waals surface area contributed by atoms with E-state index in [4.69, 9.17) is 10.9 Å². The second-order valence-corrected chi connectivity index (χ2v) is 4.48. The summed E-state index contributed by atoms with van der Waals surface area (Å²) in [5.74, 6) is 0.725. The minimum absolute atomic E-state index is 0.0427. The van der Waals surface area contributed by atoms with Crippen LogP contribution in [-0.4, -0.2) is 40.3 Å². The van der Waals surface area contributed by atoms with Crippen molar-refractivity contribution < 1.29 is 10.3 Å².